The van der Waals surface area contributed by atoms with Gasteiger partial charge in [-0.25, -0.2) is 4.39 Å². The lowest BCUT2D eigenvalue weighted by molar-refractivity contribution is 0.0964. The Kier molecular flexibility index (Phi) is 6.83. The highest BCUT2D eigenvalue weighted by Crippen LogP contribution is 2.45. The van der Waals surface area contributed by atoms with Crippen molar-refractivity contribution in [1.82, 2.24) is 0 Å². The van der Waals surface area contributed by atoms with E-state index >= 15 is 0 Å². The van der Waals surface area contributed by atoms with Crippen molar-refractivity contribution in [2.75, 3.05) is 0 Å². The molecular formula is C22H39F. The maximum atomic E-state index is 13.3. The van der Waals surface area contributed by atoms with Crippen LogP contribution in [0.1, 0.15) is 103 Å². The van der Waals surface area contributed by atoms with E-state index in [9.17, 15) is 4.39 Å². The van der Waals surface area contributed by atoms with Gasteiger partial charge in [0.05, 0.1) is 0 Å². The quantitative estimate of drug-likeness (QED) is 0.497. The summed E-state index contributed by atoms with van der Waals surface area (Å²) in [6, 6.07) is 0. The zero-order chi connectivity index (χ0) is 16.1. The normalized spacial score (nSPS) is 42.5. The number of hydrogen-bond acceptors (Lipinski definition) is 0. The SMILES string of the molecule is CCCCC1CCC(C2CCC(C3CCC(F)CC3)CC2)CC1. The fraction of sp³-hybridized carbons (Fsp3) is 1.00. The summed E-state index contributed by atoms with van der Waals surface area (Å²) in [5.74, 6) is 4.96. The molecule has 0 bridgehead atoms. The molecule has 23 heavy (non-hydrogen) atoms. The van der Waals surface area contributed by atoms with Crippen LogP contribution in [-0.2, 0) is 0 Å². The van der Waals surface area contributed by atoms with E-state index in [2.05, 4.69) is 6.92 Å². The molecule has 0 aromatic heterocycles. The molecule has 0 amide bonds. The van der Waals surface area contributed by atoms with E-state index in [0.717, 1.165) is 42.4 Å². The third-order valence-electron chi connectivity index (χ3n) is 7.71. The smallest absolute Gasteiger partial charge is 0.100 e. The summed E-state index contributed by atoms with van der Waals surface area (Å²) in [5.41, 5.74) is 0. The fourth-order valence-corrected chi connectivity index (χ4v) is 6.08. The lowest BCUT2D eigenvalue weighted by Crippen LogP contribution is -2.30. The molecule has 0 nitrogen and oxygen atoms in total. The van der Waals surface area contributed by atoms with Crippen LogP contribution in [0.4, 0.5) is 4.39 Å². The summed E-state index contributed by atoms with van der Waals surface area (Å²) in [6.07, 6.45) is 19.9. The molecule has 0 aromatic carbocycles. The summed E-state index contributed by atoms with van der Waals surface area (Å²) in [7, 11) is 0. The second-order valence-electron chi connectivity index (χ2n) is 9.11. The molecule has 1 heteroatoms. The molecule has 0 heterocycles. The summed E-state index contributed by atoms with van der Waals surface area (Å²) in [6.45, 7) is 2.32. The zero-order valence-electron chi connectivity index (χ0n) is 15.4. The first-order valence-corrected chi connectivity index (χ1v) is 10.9. The van der Waals surface area contributed by atoms with E-state index < -0.39 is 6.17 Å². The van der Waals surface area contributed by atoms with Gasteiger partial charge in [-0.05, 0) is 93.8 Å². The zero-order valence-corrected chi connectivity index (χ0v) is 15.4. The fourth-order valence-electron chi connectivity index (χ4n) is 6.08. The first-order valence-electron chi connectivity index (χ1n) is 10.9. The maximum Gasteiger partial charge on any atom is 0.100 e. The van der Waals surface area contributed by atoms with Gasteiger partial charge in [-0.1, -0.05) is 39.0 Å². The van der Waals surface area contributed by atoms with Crippen LogP contribution in [0.5, 0.6) is 0 Å². The van der Waals surface area contributed by atoms with Gasteiger partial charge in [0, 0.05) is 0 Å². The summed E-state index contributed by atoms with van der Waals surface area (Å²) in [5, 5.41) is 0. The monoisotopic (exact) mass is 322 g/mol. The highest BCUT2D eigenvalue weighted by atomic mass is 19.1. The van der Waals surface area contributed by atoms with Crippen molar-refractivity contribution in [1.29, 1.82) is 0 Å². The van der Waals surface area contributed by atoms with Gasteiger partial charge in [-0.3, -0.25) is 0 Å². The van der Waals surface area contributed by atoms with Gasteiger partial charge in [0.2, 0.25) is 0 Å². The number of hydrogen-bond donors (Lipinski definition) is 0. The summed E-state index contributed by atoms with van der Waals surface area (Å²) in [4.78, 5) is 0. The van der Waals surface area contributed by atoms with E-state index in [1.165, 1.54) is 83.5 Å². The van der Waals surface area contributed by atoms with Crippen LogP contribution in [0.3, 0.4) is 0 Å². The van der Waals surface area contributed by atoms with Gasteiger partial charge in [-0.15, -0.1) is 0 Å². The van der Waals surface area contributed by atoms with Crippen molar-refractivity contribution in [3.05, 3.63) is 0 Å². The van der Waals surface area contributed by atoms with Crippen LogP contribution in [0.15, 0.2) is 0 Å². The summed E-state index contributed by atoms with van der Waals surface area (Å²) < 4.78 is 13.3. The Hall–Kier alpha value is -0.0700. The van der Waals surface area contributed by atoms with Crippen molar-refractivity contribution in [2.45, 2.75) is 109 Å². The second kappa shape index (κ2) is 8.86. The van der Waals surface area contributed by atoms with Gasteiger partial charge >= 0.3 is 0 Å². The highest BCUT2D eigenvalue weighted by Gasteiger charge is 2.34. The first-order chi connectivity index (χ1) is 11.3. The molecule has 0 radical (unpaired) electrons. The summed E-state index contributed by atoms with van der Waals surface area (Å²) >= 11 is 0. The molecule has 3 fully saturated rings. The van der Waals surface area contributed by atoms with Crippen molar-refractivity contribution in [3.8, 4) is 0 Å². The number of rotatable bonds is 5. The van der Waals surface area contributed by atoms with E-state index in [0.29, 0.717) is 0 Å². The largest absolute Gasteiger partial charge is 0.247 e. The van der Waals surface area contributed by atoms with Gasteiger partial charge in [0.1, 0.15) is 6.17 Å². The second-order valence-corrected chi connectivity index (χ2v) is 9.11. The van der Waals surface area contributed by atoms with Crippen LogP contribution >= 0.6 is 0 Å². The predicted molar refractivity (Wildman–Crippen MR) is 97.3 cm³/mol. The number of alkyl halides is 1. The lowest BCUT2D eigenvalue weighted by Gasteiger charge is -2.41. The Labute approximate surface area is 144 Å². The Balaban J connectivity index is 1.36. The molecule has 0 atom stereocenters. The third-order valence-corrected chi connectivity index (χ3v) is 7.71. The van der Waals surface area contributed by atoms with Crippen LogP contribution < -0.4 is 0 Å². The molecule has 0 unspecified atom stereocenters. The lowest BCUT2D eigenvalue weighted by atomic mass is 9.65. The number of unbranched alkanes of at least 4 members (excludes halogenated alkanes) is 1. The minimum Gasteiger partial charge on any atom is -0.247 e. The molecule has 0 aromatic rings. The molecule has 3 aliphatic carbocycles. The van der Waals surface area contributed by atoms with Crippen molar-refractivity contribution >= 4 is 0 Å². The van der Waals surface area contributed by atoms with E-state index in [1.54, 1.807) is 0 Å². The highest BCUT2D eigenvalue weighted by molar-refractivity contribution is 4.85. The van der Waals surface area contributed by atoms with E-state index in [4.69, 9.17) is 0 Å². The molecule has 3 rings (SSSR count). The van der Waals surface area contributed by atoms with Crippen LogP contribution in [0.2, 0.25) is 0 Å². The van der Waals surface area contributed by atoms with E-state index in [-0.39, 0.29) is 0 Å². The number of halogens is 1. The van der Waals surface area contributed by atoms with Crippen LogP contribution in [-0.4, -0.2) is 6.17 Å². The van der Waals surface area contributed by atoms with Gasteiger partial charge < -0.3 is 0 Å². The Morgan fingerprint density at radius 3 is 1.43 bits per heavy atom. The Morgan fingerprint density at radius 2 is 1.00 bits per heavy atom. The molecule has 0 N–H and O–H groups in total. The molecule has 134 valence electrons. The van der Waals surface area contributed by atoms with Crippen molar-refractivity contribution < 1.29 is 4.39 Å². The average molecular weight is 323 g/mol. The minimum atomic E-state index is -0.481. The molecule has 3 aliphatic rings. The molecule has 0 aliphatic heterocycles. The van der Waals surface area contributed by atoms with Gasteiger partial charge in [0.25, 0.3) is 0 Å². The maximum absolute atomic E-state index is 13.3. The predicted octanol–water partition coefficient (Wildman–Crippen LogP) is 7.32. The van der Waals surface area contributed by atoms with Gasteiger partial charge in [0.15, 0.2) is 0 Å². The van der Waals surface area contributed by atoms with Crippen LogP contribution in [0, 0.1) is 29.6 Å². The Morgan fingerprint density at radius 1 is 0.609 bits per heavy atom. The van der Waals surface area contributed by atoms with Crippen LogP contribution in [0.25, 0.3) is 0 Å². The molecule has 3 saturated carbocycles. The molecular weight excluding hydrogens is 283 g/mol. The average Bonchev–Trinajstić information content (AvgIpc) is 2.61. The standard InChI is InChI=1S/C22H39F/c1-2-3-4-17-5-7-18(8-6-17)19-9-11-20(12-10-19)21-13-15-22(23)16-14-21/h17-22H,2-16H2,1H3. The van der Waals surface area contributed by atoms with E-state index in [1.807, 2.05) is 0 Å². The molecule has 0 saturated heterocycles. The van der Waals surface area contributed by atoms with Crippen molar-refractivity contribution in [2.24, 2.45) is 29.6 Å². The first kappa shape index (κ1) is 17.7. The topological polar surface area (TPSA) is 0 Å². The van der Waals surface area contributed by atoms with Crippen molar-refractivity contribution in [3.63, 3.8) is 0 Å². The minimum absolute atomic E-state index is 0.481. The third kappa shape index (κ3) is 4.95. The van der Waals surface area contributed by atoms with Gasteiger partial charge in [-0.2, -0.15) is 0 Å². The Bertz CT molecular complexity index is 315. The molecule has 0 spiro atoms.